The number of thiazole rings is 1. The standard InChI is InChI=1S/C29H29N2O3S2Si/c1-28(2,3)18-16-21(34-37(19-12-8-6-9-13-19)20-14-10-7-11-15-20)23-22(17-18)35-25(30-23)26-31-24(27(32)33)29(4,5)36-26/h6-17,24H,1-5H3,(H,32,33). The fraction of sp³-hybridized carbons (Fsp3) is 0.276. The molecule has 0 saturated carbocycles. The van der Waals surface area contributed by atoms with E-state index in [4.69, 9.17) is 9.41 Å². The summed E-state index contributed by atoms with van der Waals surface area (Å²) in [6.07, 6.45) is 0. The summed E-state index contributed by atoms with van der Waals surface area (Å²) in [6, 6.07) is 24.2. The van der Waals surface area contributed by atoms with Gasteiger partial charge in [0.15, 0.2) is 6.04 Å². The number of hydrogen-bond donors (Lipinski definition) is 1. The largest absolute Gasteiger partial charge is 0.531 e. The maximum absolute atomic E-state index is 11.8. The van der Waals surface area contributed by atoms with Crippen LogP contribution in [0.15, 0.2) is 77.8 Å². The van der Waals surface area contributed by atoms with Gasteiger partial charge in [-0.25, -0.2) is 9.78 Å². The lowest BCUT2D eigenvalue weighted by atomic mass is 9.87. The van der Waals surface area contributed by atoms with Gasteiger partial charge in [-0.3, -0.25) is 4.99 Å². The Balaban J connectivity index is 1.64. The molecular formula is C29H29N2O3S2Si. The minimum Gasteiger partial charge on any atom is -0.531 e. The second-order valence-electron chi connectivity index (χ2n) is 10.6. The van der Waals surface area contributed by atoms with E-state index >= 15 is 0 Å². The topological polar surface area (TPSA) is 71.8 Å². The first-order chi connectivity index (χ1) is 17.5. The Labute approximate surface area is 227 Å². The van der Waals surface area contributed by atoms with Crippen molar-refractivity contribution < 1.29 is 14.3 Å². The molecule has 0 fully saturated rings. The zero-order valence-electron chi connectivity index (χ0n) is 21.5. The number of fused-ring (bicyclic) bond motifs is 1. The molecule has 5 nitrogen and oxygen atoms in total. The smallest absolute Gasteiger partial charge is 0.352 e. The number of nitrogens with zero attached hydrogens (tertiary/aromatic N) is 2. The Bertz CT molecular complexity index is 1440. The van der Waals surface area contributed by atoms with Crippen LogP contribution in [0, 0.1) is 0 Å². The first kappa shape index (κ1) is 25.7. The molecule has 37 heavy (non-hydrogen) atoms. The number of carbonyl (C=O) groups is 1. The lowest BCUT2D eigenvalue weighted by molar-refractivity contribution is -0.138. The van der Waals surface area contributed by atoms with Crippen LogP contribution in [-0.4, -0.2) is 40.9 Å². The quantitative estimate of drug-likeness (QED) is 0.324. The molecule has 1 unspecified atom stereocenters. The highest BCUT2D eigenvalue weighted by Gasteiger charge is 2.43. The van der Waals surface area contributed by atoms with Crippen LogP contribution in [0.2, 0.25) is 0 Å². The molecule has 1 aromatic heterocycles. The van der Waals surface area contributed by atoms with E-state index in [1.165, 1.54) is 11.8 Å². The normalized spacial score (nSPS) is 17.2. The third-order valence-electron chi connectivity index (χ3n) is 6.29. The molecule has 0 saturated heterocycles. The molecule has 2 heterocycles. The van der Waals surface area contributed by atoms with E-state index in [0.29, 0.717) is 5.04 Å². The number of aliphatic imine (C=N–C) groups is 1. The summed E-state index contributed by atoms with van der Waals surface area (Å²) in [5.74, 6) is -0.158. The molecule has 4 aromatic rings. The fourth-order valence-corrected chi connectivity index (χ4v) is 8.38. The second-order valence-corrected chi connectivity index (χ2v) is 15.3. The Morgan fingerprint density at radius 1 is 1.00 bits per heavy atom. The molecule has 0 spiro atoms. The number of aromatic nitrogens is 1. The Hall–Kier alpha value is -2.94. The SMILES string of the molecule is CC(C)(C)c1cc(O[Si](c2ccccc2)c2ccccc2)c2nc(C3=NC(C(=O)O)C(C)(C)S3)sc2c1. The van der Waals surface area contributed by atoms with Gasteiger partial charge in [0, 0.05) is 4.75 Å². The van der Waals surface area contributed by atoms with Crippen LogP contribution in [0.1, 0.15) is 45.2 Å². The van der Waals surface area contributed by atoms with Crippen molar-refractivity contribution in [1.82, 2.24) is 4.98 Å². The summed E-state index contributed by atoms with van der Waals surface area (Å²) < 4.78 is 7.39. The van der Waals surface area contributed by atoms with Gasteiger partial charge in [0.2, 0.25) is 0 Å². The number of rotatable bonds is 6. The molecule has 1 aliphatic rings. The van der Waals surface area contributed by atoms with Crippen molar-refractivity contribution >= 4 is 63.7 Å². The monoisotopic (exact) mass is 545 g/mol. The van der Waals surface area contributed by atoms with Gasteiger partial charge in [-0.15, -0.1) is 11.3 Å². The number of aliphatic carboxylic acids is 1. The van der Waals surface area contributed by atoms with Gasteiger partial charge in [-0.05, 0) is 47.3 Å². The molecule has 0 amide bonds. The summed E-state index contributed by atoms with van der Waals surface area (Å²) >= 11 is 3.03. The molecule has 1 atom stereocenters. The highest BCUT2D eigenvalue weighted by Crippen LogP contribution is 2.43. The maximum atomic E-state index is 11.8. The molecule has 1 N–H and O–H groups in total. The van der Waals surface area contributed by atoms with Crippen LogP contribution >= 0.6 is 23.1 Å². The highest BCUT2D eigenvalue weighted by atomic mass is 32.2. The van der Waals surface area contributed by atoms with Crippen molar-refractivity contribution in [2.45, 2.75) is 50.8 Å². The van der Waals surface area contributed by atoms with Crippen LogP contribution in [-0.2, 0) is 10.2 Å². The van der Waals surface area contributed by atoms with Crippen molar-refractivity contribution in [3.8, 4) is 5.75 Å². The van der Waals surface area contributed by atoms with E-state index in [9.17, 15) is 9.90 Å². The number of benzene rings is 3. The van der Waals surface area contributed by atoms with Crippen molar-refractivity contribution in [2.24, 2.45) is 4.99 Å². The predicted octanol–water partition coefficient (Wildman–Crippen LogP) is 5.50. The van der Waals surface area contributed by atoms with Crippen molar-refractivity contribution in [1.29, 1.82) is 0 Å². The van der Waals surface area contributed by atoms with Gasteiger partial charge in [-0.1, -0.05) is 93.2 Å². The third kappa shape index (κ3) is 5.23. The van der Waals surface area contributed by atoms with E-state index < -0.39 is 25.8 Å². The highest BCUT2D eigenvalue weighted by molar-refractivity contribution is 8.16. The molecular weight excluding hydrogens is 517 g/mol. The summed E-state index contributed by atoms with van der Waals surface area (Å²) in [5.41, 5.74) is 1.87. The van der Waals surface area contributed by atoms with E-state index in [-0.39, 0.29) is 5.41 Å². The average Bonchev–Trinajstić information content (AvgIpc) is 3.43. The van der Waals surface area contributed by atoms with Crippen molar-refractivity contribution in [2.75, 3.05) is 0 Å². The number of hydrogen-bond acceptors (Lipinski definition) is 6. The zero-order valence-corrected chi connectivity index (χ0v) is 24.1. The van der Waals surface area contributed by atoms with Crippen LogP contribution in [0.3, 0.4) is 0 Å². The maximum Gasteiger partial charge on any atom is 0.352 e. The molecule has 0 aliphatic carbocycles. The second kappa shape index (κ2) is 9.74. The third-order valence-corrected chi connectivity index (χ3v) is 10.8. The summed E-state index contributed by atoms with van der Waals surface area (Å²) in [7, 11) is -1.60. The van der Waals surface area contributed by atoms with Crippen LogP contribution in [0.25, 0.3) is 10.2 Å². The summed E-state index contributed by atoms with van der Waals surface area (Å²) in [4.78, 5) is 21.4. The minimum absolute atomic E-state index is 0.0845. The predicted molar refractivity (Wildman–Crippen MR) is 156 cm³/mol. The number of thioether (sulfide) groups is 1. The fourth-order valence-electron chi connectivity index (χ4n) is 4.23. The molecule has 189 valence electrons. The summed E-state index contributed by atoms with van der Waals surface area (Å²) in [5, 5.41) is 13.4. The molecule has 8 heteroatoms. The number of carboxylic acids is 1. The first-order valence-electron chi connectivity index (χ1n) is 12.1. The first-order valence-corrected chi connectivity index (χ1v) is 15.2. The Morgan fingerprint density at radius 3 is 2.11 bits per heavy atom. The van der Waals surface area contributed by atoms with Gasteiger partial charge >= 0.3 is 15.0 Å². The molecule has 3 aromatic carbocycles. The van der Waals surface area contributed by atoms with E-state index in [1.807, 2.05) is 50.2 Å². The molecule has 0 bridgehead atoms. The minimum atomic E-state index is -1.60. The molecule has 5 rings (SSSR count). The van der Waals surface area contributed by atoms with Crippen molar-refractivity contribution in [3.63, 3.8) is 0 Å². The van der Waals surface area contributed by atoms with Crippen LogP contribution in [0.4, 0.5) is 0 Å². The number of carboxylic acid groups (broad SMARTS) is 1. The summed E-state index contributed by atoms with van der Waals surface area (Å²) in [6.45, 7) is 10.4. The Morgan fingerprint density at radius 2 is 1.59 bits per heavy atom. The van der Waals surface area contributed by atoms with Gasteiger partial charge in [0.25, 0.3) is 0 Å². The van der Waals surface area contributed by atoms with Crippen LogP contribution in [0.5, 0.6) is 5.75 Å². The van der Waals surface area contributed by atoms with E-state index in [1.54, 1.807) is 11.3 Å². The molecule has 1 aliphatic heterocycles. The van der Waals surface area contributed by atoms with E-state index in [2.05, 4.69) is 62.2 Å². The molecule has 1 radical (unpaired) electrons. The van der Waals surface area contributed by atoms with Gasteiger partial charge in [-0.2, -0.15) is 0 Å². The lowest BCUT2D eigenvalue weighted by Gasteiger charge is -2.22. The van der Waals surface area contributed by atoms with Crippen LogP contribution < -0.4 is 14.8 Å². The van der Waals surface area contributed by atoms with Gasteiger partial charge in [0.05, 0.1) is 4.70 Å². The average molecular weight is 546 g/mol. The zero-order chi connectivity index (χ0) is 26.4. The van der Waals surface area contributed by atoms with Crippen molar-refractivity contribution in [3.05, 3.63) is 83.4 Å². The Kier molecular flexibility index (Phi) is 6.76. The van der Waals surface area contributed by atoms with E-state index in [0.717, 1.165) is 36.9 Å². The lowest BCUT2D eigenvalue weighted by Crippen LogP contribution is -2.47. The van der Waals surface area contributed by atoms with Gasteiger partial charge < -0.3 is 9.53 Å². The van der Waals surface area contributed by atoms with Gasteiger partial charge in [0.1, 0.15) is 21.3 Å².